The zero-order valence-corrected chi connectivity index (χ0v) is 10.6. The lowest BCUT2D eigenvalue weighted by atomic mass is 10.2. The molecular formula is C16H14FNO. The number of fused-ring (bicyclic) bond motifs is 1. The number of ether oxygens (including phenoxy) is 1. The van der Waals surface area contributed by atoms with Gasteiger partial charge in [0.2, 0.25) is 0 Å². The van der Waals surface area contributed by atoms with E-state index in [1.165, 1.54) is 6.07 Å². The van der Waals surface area contributed by atoms with Crippen LogP contribution in [0.3, 0.4) is 0 Å². The van der Waals surface area contributed by atoms with Gasteiger partial charge in [0.25, 0.3) is 0 Å². The van der Waals surface area contributed by atoms with Crippen molar-refractivity contribution in [3.63, 3.8) is 0 Å². The number of benzene rings is 2. The van der Waals surface area contributed by atoms with Gasteiger partial charge in [-0.1, -0.05) is 12.1 Å². The van der Waals surface area contributed by atoms with Gasteiger partial charge in [-0.3, -0.25) is 0 Å². The molecule has 1 aromatic heterocycles. The molecule has 0 radical (unpaired) electrons. The maximum absolute atomic E-state index is 13.3. The summed E-state index contributed by atoms with van der Waals surface area (Å²) in [5.74, 6) is 0.623. The van der Waals surface area contributed by atoms with E-state index in [-0.39, 0.29) is 5.82 Å². The highest BCUT2D eigenvalue weighted by molar-refractivity contribution is 5.80. The molecule has 0 spiro atoms. The summed E-state index contributed by atoms with van der Waals surface area (Å²) in [6, 6.07) is 14.7. The number of rotatable bonds is 3. The molecule has 96 valence electrons. The van der Waals surface area contributed by atoms with Crippen LogP contribution in [0.15, 0.2) is 54.7 Å². The summed E-state index contributed by atoms with van der Waals surface area (Å²) >= 11 is 0. The molecule has 3 aromatic rings. The van der Waals surface area contributed by atoms with Crippen molar-refractivity contribution in [1.82, 2.24) is 4.57 Å². The lowest BCUT2D eigenvalue weighted by Gasteiger charge is -2.07. The van der Waals surface area contributed by atoms with Crippen LogP contribution >= 0.6 is 0 Å². The molecule has 0 fully saturated rings. The largest absolute Gasteiger partial charge is 0.497 e. The first kappa shape index (κ1) is 11.8. The average molecular weight is 255 g/mol. The first-order valence-electron chi connectivity index (χ1n) is 6.13. The number of nitrogens with zero attached hydrogens (tertiary/aromatic N) is 1. The third kappa shape index (κ3) is 2.32. The lowest BCUT2D eigenvalue weighted by molar-refractivity contribution is 0.414. The molecule has 19 heavy (non-hydrogen) atoms. The molecular weight excluding hydrogens is 241 g/mol. The van der Waals surface area contributed by atoms with Gasteiger partial charge in [0, 0.05) is 12.7 Å². The highest BCUT2D eigenvalue weighted by Crippen LogP contribution is 2.20. The Hall–Kier alpha value is -2.29. The van der Waals surface area contributed by atoms with Gasteiger partial charge in [-0.25, -0.2) is 4.39 Å². The van der Waals surface area contributed by atoms with Crippen LogP contribution in [0, 0.1) is 5.82 Å². The Morgan fingerprint density at radius 1 is 1.11 bits per heavy atom. The predicted molar refractivity (Wildman–Crippen MR) is 74.0 cm³/mol. The number of aromatic nitrogens is 1. The van der Waals surface area contributed by atoms with Crippen LogP contribution in [-0.2, 0) is 6.54 Å². The van der Waals surface area contributed by atoms with E-state index in [2.05, 4.69) is 0 Å². The molecule has 0 aliphatic carbocycles. The first-order valence-corrected chi connectivity index (χ1v) is 6.13. The van der Waals surface area contributed by atoms with Gasteiger partial charge < -0.3 is 9.30 Å². The number of hydrogen-bond acceptors (Lipinski definition) is 1. The van der Waals surface area contributed by atoms with Gasteiger partial charge in [0.1, 0.15) is 11.6 Å². The van der Waals surface area contributed by atoms with Crippen LogP contribution in [0.1, 0.15) is 5.56 Å². The maximum Gasteiger partial charge on any atom is 0.125 e. The lowest BCUT2D eigenvalue weighted by Crippen LogP contribution is -1.98. The maximum atomic E-state index is 13.3. The summed E-state index contributed by atoms with van der Waals surface area (Å²) in [7, 11) is 1.65. The van der Waals surface area contributed by atoms with Crippen molar-refractivity contribution in [2.75, 3.05) is 7.11 Å². The van der Waals surface area contributed by atoms with Crippen molar-refractivity contribution < 1.29 is 9.13 Å². The number of hydrogen-bond donors (Lipinski definition) is 0. The Labute approximate surface area is 111 Å². The highest BCUT2D eigenvalue weighted by Gasteiger charge is 2.04. The summed E-state index contributed by atoms with van der Waals surface area (Å²) in [5, 5.41) is 1.05. The molecule has 2 nitrogen and oxygen atoms in total. The normalized spacial score (nSPS) is 10.8. The van der Waals surface area contributed by atoms with E-state index in [9.17, 15) is 4.39 Å². The van der Waals surface area contributed by atoms with Crippen LogP contribution in [0.5, 0.6) is 5.75 Å². The quantitative estimate of drug-likeness (QED) is 0.693. The van der Waals surface area contributed by atoms with Crippen LogP contribution in [0.4, 0.5) is 4.39 Å². The fourth-order valence-electron chi connectivity index (χ4n) is 2.26. The average Bonchev–Trinajstić information content (AvgIpc) is 2.81. The topological polar surface area (TPSA) is 14.2 Å². The Kier molecular flexibility index (Phi) is 2.95. The Morgan fingerprint density at radius 3 is 2.84 bits per heavy atom. The molecule has 0 saturated heterocycles. The van der Waals surface area contributed by atoms with Gasteiger partial charge in [-0.15, -0.1) is 0 Å². The molecule has 2 aromatic carbocycles. The molecule has 1 heterocycles. The molecule has 0 aliphatic heterocycles. The van der Waals surface area contributed by atoms with Crippen LogP contribution < -0.4 is 4.74 Å². The SMILES string of the molecule is COc1cccc(Cn2ccc3ccc(F)cc32)c1. The van der Waals surface area contributed by atoms with Crippen molar-refractivity contribution in [2.24, 2.45) is 0 Å². The fraction of sp³-hybridized carbons (Fsp3) is 0.125. The van der Waals surface area contributed by atoms with E-state index in [1.54, 1.807) is 19.2 Å². The van der Waals surface area contributed by atoms with Gasteiger partial charge >= 0.3 is 0 Å². The summed E-state index contributed by atoms with van der Waals surface area (Å²) in [6.45, 7) is 0.699. The molecule has 3 rings (SSSR count). The van der Waals surface area contributed by atoms with Crippen LogP contribution in [0.25, 0.3) is 10.9 Å². The van der Waals surface area contributed by atoms with Crippen molar-refractivity contribution >= 4 is 10.9 Å². The second-order valence-corrected chi connectivity index (χ2v) is 4.50. The monoisotopic (exact) mass is 255 g/mol. The van der Waals surface area contributed by atoms with E-state index in [1.807, 2.05) is 41.1 Å². The minimum atomic E-state index is -0.210. The second kappa shape index (κ2) is 4.76. The summed E-state index contributed by atoms with van der Waals surface area (Å²) in [4.78, 5) is 0. The van der Waals surface area contributed by atoms with E-state index in [0.717, 1.165) is 22.2 Å². The molecule has 0 aliphatic rings. The molecule has 0 amide bonds. The predicted octanol–water partition coefficient (Wildman–Crippen LogP) is 3.84. The minimum absolute atomic E-state index is 0.210. The van der Waals surface area contributed by atoms with Crippen molar-refractivity contribution in [1.29, 1.82) is 0 Å². The van der Waals surface area contributed by atoms with Crippen molar-refractivity contribution in [2.45, 2.75) is 6.54 Å². The highest BCUT2D eigenvalue weighted by atomic mass is 19.1. The standard InChI is InChI=1S/C16H14FNO/c1-19-15-4-2-3-12(9-15)11-18-8-7-13-5-6-14(17)10-16(13)18/h2-10H,11H2,1H3. The Bertz CT molecular complexity index is 718. The van der Waals surface area contributed by atoms with E-state index >= 15 is 0 Å². The van der Waals surface area contributed by atoms with Crippen molar-refractivity contribution in [3.8, 4) is 5.75 Å². The van der Waals surface area contributed by atoms with Crippen LogP contribution in [0.2, 0.25) is 0 Å². The Morgan fingerprint density at radius 2 is 2.00 bits per heavy atom. The van der Waals surface area contributed by atoms with Crippen molar-refractivity contribution in [3.05, 3.63) is 66.1 Å². The van der Waals surface area contributed by atoms with E-state index in [0.29, 0.717) is 6.54 Å². The zero-order chi connectivity index (χ0) is 13.2. The van der Waals surface area contributed by atoms with Gasteiger partial charge in [-0.2, -0.15) is 0 Å². The molecule has 0 unspecified atom stereocenters. The fourth-order valence-corrected chi connectivity index (χ4v) is 2.26. The molecule has 3 heteroatoms. The van der Waals surface area contributed by atoms with Gasteiger partial charge in [0.05, 0.1) is 12.6 Å². The third-order valence-electron chi connectivity index (χ3n) is 3.22. The first-order chi connectivity index (χ1) is 9.26. The molecule has 0 saturated carbocycles. The zero-order valence-electron chi connectivity index (χ0n) is 10.6. The molecule has 0 N–H and O–H groups in total. The summed E-state index contributed by atoms with van der Waals surface area (Å²) in [6.07, 6.45) is 1.98. The smallest absolute Gasteiger partial charge is 0.125 e. The summed E-state index contributed by atoms with van der Waals surface area (Å²) in [5.41, 5.74) is 2.03. The van der Waals surface area contributed by atoms with E-state index < -0.39 is 0 Å². The minimum Gasteiger partial charge on any atom is -0.497 e. The molecule has 0 bridgehead atoms. The van der Waals surface area contributed by atoms with Gasteiger partial charge in [0.15, 0.2) is 0 Å². The Balaban J connectivity index is 1.98. The van der Waals surface area contributed by atoms with Crippen LogP contribution in [-0.4, -0.2) is 11.7 Å². The molecule has 0 atom stereocenters. The second-order valence-electron chi connectivity index (χ2n) is 4.50. The number of methoxy groups -OCH3 is 1. The van der Waals surface area contributed by atoms with Gasteiger partial charge in [-0.05, 0) is 47.3 Å². The third-order valence-corrected chi connectivity index (χ3v) is 3.22. The van der Waals surface area contributed by atoms with E-state index in [4.69, 9.17) is 4.74 Å². The number of halogens is 1. The summed E-state index contributed by atoms with van der Waals surface area (Å²) < 4.78 is 20.6.